The summed E-state index contributed by atoms with van der Waals surface area (Å²) in [5, 5.41) is 8.98. The third-order valence-corrected chi connectivity index (χ3v) is 4.16. The zero-order chi connectivity index (χ0) is 13.0. The monoisotopic (exact) mass is 259 g/mol. The van der Waals surface area contributed by atoms with Crippen molar-refractivity contribution >= 4 is 17.4 Å². The fourth-order valence-electron chi connectivity index (χ4n) is 1.69. The predicted octanol–water partition coefficient (Wildman–Crippen LogP) is 3.36. The third kappa shape index (κ3) is 3.06. The Hall–Kier alpha value is -1.45. The molecule has 0 atom stereocenters. The van der Waals surface area contributed by atoms with Crippen LogP contribution in [0, 0.1) is 6.92 Å². The molecule has 0 unspecified atom stereocenters. The molecule has 2 rings (SSSR count). The molecule has 18 heavy (non-hydrogen) atoms. The van der Waals surface area contributed by atoms with Crippen LogP contribution < -0.4 is 5.73 Å². The first kappa shape index (κ1) is 13.0. The Morgan fingerprint density at radius 2 is 1.72 bits per heavy atom. The van der Waals surface area contributed by atoms with Gasteiger partial charge in [0.25, 0.3) is 0 Å². The zero-order valence-corrected chi connectivity index (χ0v) is 11.2. The average Bonchev–Trinajstić information content (AvgIpc) is 2.41. The van der Waals surface area contributed by atoms with Gasteiger partial charge in [-0.1, -0.05) is 30.3 Å². The first-order valence-corrected chi connectivity index (χ1v) is 6.86. The molecular formula is C15H17NOS. The Labute approximate surface area is 112 Å². The maximum Gasteiger partial charge on any atom is 0.0681 e. The van der Waals surface area contributed by atoms with E-state index < -0.39 is 0 Å². The van der Waals surface area contributed by atoms with E-state index in [4.69, 9.17) is 10.8 Å². The Balaban J connectivity index is 2.04. The zero-order valence-electron chi connectivity index (χ0n) is 10.4. The van der Waals surface area contributed by atoms with E-state index in [1.165, 1.54) is 10.5 Å². The second kappa shape index (κ2) is 5.94. The van der Waals surface area contributed by atoms with Crippen LogP contribution in [0.2, 0.25) is 0 Å². The summed E-state index contributed by atoms with van der Waals surface area (Å²) in [6.07, 6.45) is 0. The average molecular weight is 259 g/mol. The van der Waals surface area contributed by atoms with E-state index in [9.17, 15) is 0 Å². The SMILES string of the molecule is Cc1c(N)cccc1SCc1ccc(CO)cc1. The Bertz CT molecular complexity index is 523. The maximum absolute atomic E-state index is 8.98. The van der Waals surface area contributed by atoms with Crippen LogP contribution in [0.5, 0.6) is 0 Å². The summed E-state index contributed by atoms with van der Waals surface area (Å²) >= 11 is 1.79. The van der Waals surface area contributed by atoms with Crippen molar-refractivity contribution in [3.05, 3.63) is 59.2 Å². The Morgan fingerprint density at radius 3 is 2.39 bits per heavy atom. The molecule has 0 spiro atoms. The highest BCUT2D eigenvalue weighted by Gasteiger charge is 2.02. The lowest BCUT2D eigenvalue weighted by molar-refractivity contribution is 0.282. The van der Waals surface area contributed by atoms with E-state index in [-0.39, 0.29) is 6.61 Å². The van der Waals surface area contributed by atoms with Crippen molar-refractivity contribution in [3.8, 4) is 0 Å². The number of aliphatic hydroxyl groups excluding tert-OH is 1. The van der Waals surface area contributed by atoms with Crippen molar-refractivity contribution in [3.63, 3.8) is 0 Å². The van der Waals surface area contributed by atoms with Crippen molar-refractivity contribution in [1.29, 1.82) is 0 Å². The minimum atomic E-state index is 0.0990. The molecule has 2 aromatic rings. The molecule has 0 amide bonds. The number of nitrogen functional groups attached to an aromatic ring is 1. The topological polar surface area (TPSA) is 46.2 Å². The summed E-state index contributed by atoms with van der Waals surface area (Å²) in [5.41, 5.74) is 10.1. The van der Waals surface area contributed by atoms with Crippen LogP contribution in [0.1, 0.15) is 16.7 Å². The lowest BCUT2D eigenvalue weighted by Crippen LogP contribution is -1.91. The quantitative estimate of drug-likeness (QED) is 0.653. The van der Waals surface area contributed by atoms with Crippen LogP contribution in [-0.2, 0) is 12.4 Å². The molecule has 3 N–H and O–H groups in total. The van der Waals surface area contributed by atoms with Crippen LogP contribution >= 0.6 is 11.8 Å². The number of rotatable bonds is 4. The summed E-state index contributed by atoms with van der Waals surface area (Å²) in [6.45, 7) is 2.15. The fourth-order valence-corrected chi connectivity index (χ4v) is 2.71. The van der Waals surface area contributed by atoms with Gasteiger partial charge in [-0.05, 0) is 35.7 Å². The van der Waals surface area contributed by atoms with Gasteiger partial charge in [0.1, 0.15) is 0 Å². The van der Waals surface area contributed by atoms with Gasteiger partial charge < -0.3 is 10.8 Å². The minimum absolute atomic E-state index is 0.0990. The van der Waals surface area contributed by atoms with Crippen LogP contribution in [0.25, 0.3) is 0 Å². The molecule has 2 aromatic carbocycles. The Kier molecular flexibility index (Phi) is 4.28. The van der Waals surface area contributed by atoms with E-state index in [0.29, 0.717) is 0 Å². The minimum Gasteiger partial charge on any atom is -0.398 e. The number of aliphatic hydroxyl groups is 1. The molecule has 0 aromatic heterocycles. The van der Waals surface area contributed by atoms with Gasteiger partial charge >= 0.3 is 0 Å². The number of nitrogens with two attached hydrogens (primary N) is 1. The Morgan fingerprint density at radius 1 is 1.06 bits per heavy atom. The predicted molar refractivity (Wildman–Crippen MR) is 77.5 cm³/mol. The maximum atomic E-state index is 8.98. The van der Waals surface area contributed by atoms with E-state index in [1.54, 1.807) is 11.8 Å². The van der Waals surface area contributed by atoms with E-state index in [1.807, 2.05) is 31.2 Å². The molecular weight excluding hydrogens is 242 g/mol. The number of hydrogen-bond donors (Lipinski definition) is 2. The van der Waals surface area contributed by atoms with Crippen LogP contribution in [0.4, 0.5) is 5.69 Å². The van der Waals surface area contributed by atoms with E-state index >= 15 is 0 Å². The largest absolute Gasteiger partial charge is 0.398 e. The van der Waals surface area contributed by atoms with E-state index in [2.05, 4.69) is 18.2 Å². The standard InChI is InChI=1S/C15H17NOS/c1-11-14(16)3-2-4-15(11)18-10-13-7-5-12(9-17)6-8-13/h2-8,17H,9-10,16H2,1H3. The van der Waals surface area contributed by atoms with Crippen molar-refractivity contribution in [2.24, 2.45) is 0 Å². The van der Waals surface area contributed by atoms with Crippen LogP contribution in [0.15, 0.2) is 47.4 Å². The van der Waals surface area contributed by atoms with Gasteiger partial charge in [-0.2, -0.15) is 0 Å². The second-order valence-corrected chi connectivity index (χ2v) is 5.25. The highest BCUT2D eigenvalue weighted by atomic mass is 32.2. The molecule has 0 radical (unpaired) electrons. The summed E-state index contributed by atoms with van der Waals surface area (Å²) in [6, 6.07) is 14.0. The molecule has 0 aliphatic heterocycles. The van der Waals surface area contributed by atoms with Gasteiger partial charge in [-0.25, -0.2) is 0 Å². The molecule has 0 heterocycles. The molecule has 0 bridgehead atoms. The number of anilines is 1. The van der Waals surface area contributed by atoms with Gasteiger partial charge in [0.2, 0.25) is 0 Å². The molecule has 0 aliphatic carbocycles. The van der Waals surface area contributed by atoms with Crippen molar-refractivity contribution in [1.82, 2.24) is 0 Å². The van der Waals surface area contributed by atoms with E-state index in [0.717, 1.165) is 22.6 Å². The van der Waals surface area contributed by atoms with Crippen molar-refractivity contribution < 1.29 is 5.11 Å². The van der Waals surface area contributed by atoms with Gasteiger partial charge in [0, 0.05) is 16.3 Å². The number of hydrogen-bond acceptors (Lipinski definition) is 3. The molecule has 0 saturated heterocycles. The smallest absolute Gasteiger partial charge is 0.0681 e. The number of thioether (sulfide) groups is 1. The van der Waals surface area contributed by atoms with Gasteiger partial charge in [-0.15, -0.1) is 11.8 Å². The third-order valence-electron chi connectivity index (χ3n) is 2.93. The summed E-state index contributed by atoms with van der Waals surface area (Å²) in [5.74, 6) is 0.913. The highest BCUT2D eigenvalue weighted by molar-refractivity contribution is 7.98. The first-order chi connectivity index (χ1) is 8.70. The molecule has 2 nitrogen and oxygen atoms in total. The van der Waals surface area contributed by atoms with Crippen LogP contribution in [0.3, 0.4) is 0 Å². The normalized spacial score (nSPS) is 10.6. The second-order valence-electron chi connectivity index (χ2n) is 4.23. The molecule has 0 aliphatic rings. The molecule has 0 saturated carbocycles. The first-order valence-electron chi connectivity index (χ1n) is 5.87. The van der Waals surface area contributed by atoms with Crippen molar-refractivity contribution in [2.75, 3.05) is 5.73 Å². The summed E-state index contributed by atoms with van der Waals surface area (Å²) in [7, 11) is 0. The summed E-state index contributed by atoms with van der Waals surface area (Å²) in [4.78, 5) is 1.22. The van der Waals surface area contributed by atoms with Crippen molar-refractivity contribution in [2.45, 2.75) is 24.2 Å². The van der Waals surface area contributed by atoms with Crippen LogP contribution in [-0.4, -0.2) is 5.11 Å². The lowest BCUT2D eigenvalue weighted by atomic mass is 10.2. The molecule has 3 heteroatoms. The molecule has 94 valence electrons. The lowest BCUT2D eigenvalue weighted by Gasteiger charge is -2.08. The van der Waals surface area contributed by atoms with Gasteiger partial charge in [-0.3, -0.25) is 0 Å². The van der Waals surface area contributed by atoms with Gasteiger partial charge in [0.15, 0.2) is 0 Å². The fraction of sp³-hybridized carbons (Fsp3) is 0.200. The number of benzene rings is 2. The highest BCUT2D eigenvalue weighted by Crippen LogP contribution is 2.28. The summed E-state index contributed by atoms with van der Waals surface area (Å²) < 4.78 is 0. The van der Waals surface area contributed by atoms with Gasteiger partial charge in [0.05, 0.1) is 6.61 Å². The molecule has 0 fully saturated rings.